The van der Waals surface area contributed by atoms with Crippen molar-refractivity contribution in [2.24, 2.45) is 16.8 Å². The summed E-state index contributed by atoms with van der Waals surface area (Å²) in [6.07, 6.45) is 6.54. The summed E-state index contributed by atoms with van der Waals surface area (Å²) in [5, 5.41) is 14.6. The van der Waals surface area contributed by atoms with Crippen molar-refractivity contribution in [3.63, 3.8) is 0 Å². The van der Waals surface area contributed by atoms with Crippen LogP contribution in [0.2, 0.25) is 0 Å². The molecule has 1 aliphatic rings. The van der Waals surface area contributed by atoms with Crippen LogP contribution < -0.4 is 11.1 Å². The van der Waals surface area contributed by atoms with Crippen LogP contribution in [0.25, 0.3) is 0 Å². The fourth-order valence-electron chi connectivity index (χ4n) is 2.72. The van der Waals surface area contributed by atoms with Crippen LogP contribution in [0, 0.1) is 5.92 Å². The molecule has 0 aromatic heterocycles. The van der Waals surface area contributed by atoms with Gasteiger partial charge in [-0.1, -0.05) is 36.6 Å². The van der Waals surface area contributed by atoms with Gasteiger partial charge in [0, 0.05) is 12.0 Å². The second kappa shape index (κ2) is 6.93. The number of carbonyl (C=O) groups is 1. The summed E-state index contributed by atoms with van der Waals surface area (Å²) in [6, 6.07) is 7.06. The molecule has 1 aliphatic carbocycles. The molecular weight excluding hydrogens is 254 g/mol. The average molecular weight is 275 g/mol. The highest BCUT2D eigenvalue weighted by Crippen LogP contribution is 2.26. The predicted molar refractivity (Wildman–Crippen MR) is 78.8 cm³/mol. The van der Waals surface area contributed by atoms with E-state index < -0.39 is 0 Å². The Labute approximate surface area is 118 Å². The van der Waals surface area contributed by atoms with Crippen molar-refractivity contribution in [1.82, 2.24) is 0 Å². The van der Waals surface area contributed by atoms with Crippen molar-refractivity contribution in [3.05, 3.63) is 29.8 Å². The summed E-state index contributed by atoms with van der Waals surface area (Å²) >= 11 is 0. The number of nitrogens with zero attached hydrogens (tertiary/aromatic N) is 1. The molecule has 2 rings (SSSR count). The Morgan fingerprint density at radius 3 is 2.70 bits per heavy atom. The molecule has 0 aliphatic heterocycles. The Morgan fingerprint density at radius 1 is 1.30 bits per heavy atom. The average Bonchev–Trinajstić information content (AvgIpc) is 2.48. The normalized spacial score (nSPS) is 16.9. The third-order valence-electron chi connectivity index (χ3n) is 3.78. The molecule has 1 amide bonds. The van der Waals surface area contributed by atoms with Crippen molar-refractivity contribution in [1.29, 1.82) is 0 Å². The van der Waals surface area contributed by atoms with E-state index in [1.54, 1.807) is 18.2 Å². The molecule has 0 radical (unpaired) electrons. The van der Waals surface area contributed by atoms with Crippen LogP contribution in [0.5, 0.6) is 0 Å². The molecule has 20 heavy (non-hydrogen) atoms. The number of nitrogens with one attached hydrogen (secondary N) is 1. The number of amidine groups is 1. The molecule has 0 bridgehead atoms. The number of rotatable bonds is 4. The third-order valence-corrected chi connectivity index (χ3v) is 3.78. The lowest BCUT2D eigenvalue weighted by Crippen LogP contribution is -2.21. The molecule has 0 heterocycles. The number of amides is 1. The molecule has 1 aromatic rings. The topological polar surface area (TPSA) is 87.7 Å². The Bertz CT molecular complexity index is 494. The van der Waals surface area contributed by atoms with Crippen molar-refractivity contribution in [2.45, 2.75) is 38.5 Å². The van der Waals surface area contributed by atoms with Gasteiger partial charge in [0.05, 0.1) is 5.69 Å². The van der Waals surface area contributed by atoms with Crippen molar-refractivity contribution in [3.8, 4) is 0 Å². The quantitative estimate of drug-likeness (QED) is 0.341. The zero-order chi connectivity index (χ0) is 14.4. The summed E-state index contributed by atoms with van der Waals surface area (Å²) < 4.78 is 0. The van der Waals surface area contributed by atoms with Gasteiger partial charge in [-0.2, -0.15) is 0 Å². The fourth-order valence-corrected chi connectivity index (χ4v) is 2.72. The highest BCUT2D eigenvalue weighted by molar-refractivity contribution is 6.05. The van der Waals surface area contributed by atoms with E-state index in [2.05, 4.69) is 10.5 Å². The molecule has 4 N–H and O–H groups in total. The number of anilines is 1. The zero-order valence-corrected chi connectivity index (χ0v) is 11.5. The van der Waals surface area contributed by atoms with Crippen LogP contribution >= 0.6 is 0 Å². The number of hydrogen-bond donors (Lipinski definition) is 3. The SMILES string of the molecule is N/C(=N/O)c1ccccc1NC(=O)CC1CCCCC1. The number of para-hydroxylation sites is 1. The molecule has 0 spiro atoms. The first-order valence-corrected chi connectivity index (χ1v) is 7.07. The van der Waals surface area contributed by atoms with Gasteiger partial charge in [0.15, 0.2) is 5.84 Å². The summed E-state index contributed by atoms with van der Waals surface area (Å²) in [5.41, 5.74) is 6.72. The predicted octanol–water partition coefficient (Wildman–Crippen LogP) is 2.69. The lowest BCUT2D eigenvalue weighted by atomic mass is 9.87. The van der Waals surface area contributed by atoms with E-state index in [1.165, 1.54) is 19.3 Å². The van der Waals surface area contributed by atoms with E-state index in [4.69, 9.17) is 10.9 Å². The van der Waals surface area contributed by atoms with E-state index in [0.29, 0.717) is 23.6 Å². The Kier molecular flexibility index (Phi) is 4.98. The zero-order valence-electron chi connectivity index (χ0n) is 11.5. The molecule has 5 heteroatoms. The molecule has 108 valence electrons. The van der Waals surface area contributed by atoms with Gasteiger partial charge in [0.25, 0.3) is 0 Å². The van der Waals surface area contributed by atoms with Gasteiger partial charge < -0.3 is 16.3 Å². The highest BCUT2D eigenvalue weighted by atomic mass is 16.4. The van der Waals surface area contributed by atoms with Gasteiger partial charge in [0.1, 0.15) is 0 Å². The minimum absolute atomic E-state index is 0.00133. The molecule has 1 aromatic carbocycles. The summed E-state index contributed by atoms with van der Waals surface area (Å²) in [4.78, 5) is 12.1. The number of oxime groups is 1. The van der Waals surface area contributed by atoms with Gasteiger partial charge in [-0.25, -0.2) is 0 Å². The summed E-state index contributed by atoms with van der Waals surface area (Å²) in [6.45, 7) is 0. The first-order valence-electron chi connectivity index (χ1n) is 7.07. The van der Waals surface area contributed by atoms with Gasteiger partial charge in [-0.15, -0.1) is 0 Å². The maximum absolute atomic E-state index is 12.1. The van der Waals surface area contributed by atoms with Crippen LogP contribution in [0.3, 0.4) is 0 Å². The standard InChI is InChI=1S/C15H21N3O2/c16-15(18-20)12-8-4-5-9-13(12)17-14(19)10-11-6-2-1-3-7-11/h4-5,8-9,11,20H,1-3,6-7,10H2,(H2,16,18)(H,17,19). The lowest BCUT2D eigenvalue weighted by Gasteiger charge is -2.21. The molecule has 5 nitrogen and oxygen atoms in total. The Hall–Kier alpha value is -2.04. The van der Waals surface area contributed by atoms with E-state index >= 15 is 0 Å². The fraction of sp³-hybridized carbons (Fsp3) is 0.467. The van der Waals surface area contributed by atoms with E-state index in [0.717, 1.165) is 12.8 Å². The molecule has 0 unspecified atom stereocenters. The minimum atomic E-state index is -0.00455. The number of benzene rings is 1. The molecule has 1 fully saturated rings. The van der Waals surface area contributed by atoms with Crippen LogP contribution in [0.4, 0.5) is 5.69 Å². The first-order chi connectivity index (χ1) is 9.70. The summed E-state index contributed by atoms with van der Waals surface area (Å²) in [5.74, 6) is 0.480. The van der Waals surface area contributed by atoms with Gasteiger partial charge in [-0.05, 0) is 30.9 Å². The Balaban J connectivity index is 2.00. The Morgan fingerprint density at radius 2 is 2.00 bits per heavy atom. The third kappa shape index (κ3) is 3.73. The van der Waals surface area contributed by atoms with Gasteiger partial charge in [0.2, 0.25) is 5.91 Å². The monoisotopic (exact) mass is 275 g/mol. The van der Waals surface area contributed by atoms with Crippen LogP contribution in [-0.2, 0) is 4.79 Å². The molecule has 1 saturated carbocycles. The number of hydrogen-bond acceptors (Lipinski definition) is 3. The lowest BCUT2D eigenvalue weighted by molar-refractivity contribution is -0.117. The highest BCUT2D eigenvalue weighted by Gasteiger charge is 2.18. The van der Waals surface area contributed by atoms with Crippen molar-refractivity contribution < 1.29 is 10.0 Å². The van der Waals surface area contributed by atoms with E-state index in [-0.39, 0.29) is 11.7 Å². The number of nitrogens with two attached hydrogens (primary N) is 1. The first kappa shape index (κ1) is 14.4. The summed E-state index contributed by atoms with van der Waals surface area (Å²) in [7, 11) is 0. The minimum Gasteiger partial charge on any atom is -0.409 e. The van der Waals surface area contributed by atoms with E-state index in [1.807, 2.05) is 6.07 Å². The largest absolute Gasteiger partial charge is 0.409 e. The smallest absolute Gasteiger partial charge is 0.224 e. The van der Waals surface area contributed by atoms with Crippen LogP contribution in [0.15, 0.2) is 29.4 Å². The van der Waals surface area contributed by atoms with Crippen LogP contribution in [-0.4, -0.2) is 17.0 Å². The molecule has 0 atom stereocenters. The number of carbonyl (C=O) groups excluding carboxylic acids is 1. The van der Waals surface area contributed by atoms with Gasteiger partial charge >= 0.3 is 0 Å². The van der Waals surface area contributed by atoms with E-state index in [9.17, 15) is 4.79 Å². The van der Waals surface area contributed by atoms with Crippen LogP contribution in [0.1, 0.15) is 44.1 Å². The second-order valence-corrected chi connectivity index (χ2v) is 5.29. The molecular formula is C15H21N3O2. The second-order valence-electron chi connectivity index (χ2n) is 5.29. The van der Waals surface area contributed by atoms with Crippen molar-refractivity contribution in [2.75, 3.05) is 5.32 Å². The maximum Gasteiger partial charge on any atom is 0.224 e. The van der Waals surface area contributed by atoms with Crippen molar-refractivity contribution >= 4 is 17.4 Å². The van der Waals surface area contributed by atoms with Gasteiger partial charge in [-0.3, -0.25) is 4.79 Å². The maximum atomic E-state index is 12.1. The molecule has 0 saturated heterocycles.